The van der Waals surface area contributed by atoms with Crippen LogP contribution < -0.4 is 4.13 Å². The Kier molecular flexibility index (Phi) is 7.78. The third kappa shape index (κ3) is 7.11. The minimum absolute atomic E-state index is 0.493. The van der Waals surface area contributed by atoms with E-state index in [1.165, 1.54) is 0 Å². The van der Waals surface area contributed by atoms with Crippen molar-refractivity contribution in [2.24, 2.45) is 0 Å². The van der Waals surface area contributed by atoms with Crippen LogP contribution >= 0.6 is 0 Å². The summed E-state index contributed by atoms with van der Waals surface area (Å²) in [5.41, 5.74) is -12.3. The molecule has 1 aliphatic heterocycles. The zero-order valence-corrected chi connectivity index (χ0v) is 14.5. The van der Waals surface area contributed by atoms with Gasteiger partial charge in [-0.25, -0.2) is 16.8 Å². The zero-order chi connectivity index (χ0) is 20.1. The molecule has 0 aliphatic carbocycles. The molecule has 1 rings (SSSR count). The molecule has 0 radical (unpaired) electrons. The molecule has 0 aromatic rings. The van der Waals surface area contributed by atoms with Gasteiger partial charge in [-0.2, -0.15) is 26.3 Å². The second-order valence-electron chi connectivity index (χ2n) is 4.32. The number of alkyl halides is 6. The SMILES string of the molecule is CC=CN1C=CN(CC)C1.O=S(=O)(NS(=O)(=O)C(F)(F)F)C(F)(F)F. The average Bonchev–Trinajstić information content (AvgIpc) is 2.84. The Hall–Kier alpha value is -1.48. The van der Waals surface area contributed by atoms with E-state index in [4.69, 9.17) is 0 Å². The molecule has 0 unspecified atom stereocenters. The van der Waals surface area contributed by atoms with Crippen molar-refractivity contribution in [3.8, 4) is 0 Å². The van der Waals surface area contributed by atoms with E-state index in [2.05, 4.69) is 35.3 Å². The van der Waals surface area contributed by atoms with Crippen molar-refractivity contribution in [3.05, 3.63) is 24.7 Å². The van der Waals surface area contributed by atoms with Gasteiger partial charge >= 0.3 is 31.1 Å². The molecule has 0 atom stereocenters. The van der Waals surface area contributed by atoms with Crippen LogP contribution in [0, 0.1) is 0 Å². The Morgan fingerprint density at radius 3 is 1.72 bits per heavy atom. The lowest BCUT2D eigenvalue weighted by Crippen LogP contribution is -2.45. The van der Waals surface area contributed by atoms with Gasteiger partial charge in [-0.3, -0.25) is 0 Å². The summed E-state index contributed by atoms with van der Waals surface area (Å²) in [5.74, 6) is 0. The summed E-state index contributed by atoms with van der Waals surface area (Å²) in [6.07, 6.45) is 8.32. The van der Waals surface area contributed by atoms with Crippen LogP contribution in [0.1, 0.15) is 13.8 Å². The van der Waals surface area contributed by atoms with Crippen molar-refractivity contribution in [1.29, 1.82) is 0 Å². The highest BCUT2D eigenvalue weighted by molar-refractivity contribution is 8.05. The number of sulfonamides is 2. The van der Waals surface area contributed by atoms with Gasteiger partial charge < -0.3 is 9.80 Å². The van der Waals surface area contributed by atoms with E-state index >= 15 is 0 Å². The van der Waals surface area contributed by atoms with E-state index in [1.54, 1.807) is 0 Å². The summed E-state index contributed by atoms with van der Waals surface area (Å²) in [4.78, 5) is 4.41. The summed E-state index contributed by atoms with van der Waals surface area (Å²) in [7, 11) is -13.2. The second-order valence-corrected chi connectivity index (χ2v) is 7.93. The van der Waals surface area contributed by atoms with Gasteiger partial charge in [0.25, 0.3) is 0 Å². The fourth-order valence-corrected chi connectivity index (χ4v) is 3.13. The summed E-state index contributed by atoms with van der Waals surface area (Å²) in [5, 5.41) is 0. The molecule has 0 aromatic carbocycles. The Labute approximate surface area is 140 Å². The summed E-state index contributed by atoms with van der Waals surface area (Å²) >= 11 is 0. The molecule has 0 spiro atoms. The molecule has 0 saturated carbocycles. The predicted octanol–water partition coefficient (Wildman–Crippen LogP) is 1.86. The fraction of sp³-hybridized carbons (Fsp3) is 0.600. The molecule has 15 heteroatoms. The van der Waals surface area contributed by atoms with E-state index in [1.807, 2.05) is 13.0 Å². The molecule has 0 saturated heterocycles. The Morgan fingerprint density at radius 1 is 1.00 bits per heavy atom. The second kappa shape index (κ2) is 8.27. The van der Waals surface area contributed by atoms with Gasteiger partial charge in [-0.1, -0.05) is 10.2 Å². The third-order valence-corrected chi connectivity index (χ3v) is 5.36. The van der Waals surface area contributed by atoms with Crippen LogP contribution in [0.25, 0.3) is 0 Å². The van der Waals surface area contributed by atoms with Gasteiger partial charge in [0.2, 0.25) is 0 Å². The minimum atomic E-state index is -6.60. The van der Waals surface area contributed by atoms with Crippen LogP contribution in [-0.2, 0) is 20.0 Å². The standard InChI is InChI=1S/C8H14N2.C2HF6NO4S2/c1-3-5-10-7-6-9(4-2)8-10;3-1(4,5)14(10,11)9-15(12,13)2(6,7)8/h3,5-7H,4,8H2,1-2H3;9H. The first-order chi connectivity index (χ1) is 11.1. The molecule has 148 valence electrons. The Balaban J connectivity index is 0.000000496. The van der Waals surface area contributed by atoms with Crippen molar-refractivity contribution in [2.75, 3.05) is 13.2 Å². The van der Waals surface area contributed by atoms with Crippen LogP contribution in [0.2, 0.25) is 0 Å². The number of nitrogens with zero attached hydrogens (tertiary/aromatic N) is 2. The topological polar surface area (TPSA) is 86.8 Å². The molecule has 25 heavy (non-hydrogen) atoms. The lowest BCUT2D eigenvalue weighted by Gasteiger charge is -2.15. The molecule has 0 bridgehead atoms. The number of nitrogens with one attached hydrogen (secondary N) is 1. The number of halogens is 6. The highest BCUT2D eigenvalue weighted by Crippen LogP contribution is 2.27. The van der Waals surface area contributed by atoms with Crippen molar-refractivity contribution < 1.29 is 43.2 Å². The van der Waals surface area contributed by atoms with Crippen LogP contribution in [0.5, 0.6) is 0 Å². The molecule has 1 aliphatic rings. The van der Waals surface area contributed by atoms with Crippen molar-refractivity contribution in [3.63, 3.8) is 0 Å². The third-order valence-electron chi connectivity index (χ3n) is 2.39. The lowest BCUT2D eigenvalue weighted by atomic mass is 10.6. The molecule has 7 nitrogen and oxygen atoms in total. The maximum Gasteiger partial charge on any atom is 0.512 e. The average molecular weight is 419 g/mol. The molecule has 0 amide bonds. The number of rotatable bonds is 4. The first-order valence-electron chi connectivity index (χ1n) is 6.29. The Morgan fingerprint density at radius 2 is 1.44 bits per heavy atom. The molecule has 0 fully saturated rings. The molecule has 1 N–H and O–H groups in total. The minimum Gasteiger partial charge on any atom is -0.359 e. The van der Waals surface area contributed by atoms with Crippen LogP contribution in [0.4, 0.5) is 26.3 Å². The highest BCUT2D eigenvalue weighted by atomic mass is 32.3. The van der Waals surface area contributed by atoms with E-state index in [9.17, 15) is 43.2 Å². The van der Waals surface area contributed by atoms with Crippen LogP contribution in [0.15, 0.2) is 24.7 Å². The van der Waals surface area contributed by atoms with E-state index in [-0.39, 0.29) is 0 Å². The summed E-state index contributed by atoms with van der Waals surface area (Å²) in [6, 6.07) is 0. The van der Waals surface area contributed by atoms with Gasteiger partial charge in [0.15, 0.2) is 0 Å². The number of hydrogen-bond donors (Lipinski definition) is 1. The molecular weight excluding hydrogens is 404 g/mol. The van der Waals surface area contributed by atoms with Gasteiger partial charge in [-0.15, -0.1) is 0 Å². The molecular formula is C10H15F6N3O4S2. The first kappa shape index (κ1) is 23.5. The predicted molar refractivity (Wildman–Crippen MR) is 76.1 cm³/mol. The molecule has 1 heterocycles. The maximum atomic E-state index is 11.5. The molecule has 0 aromatic heterocycles. The Bertz CT molecular complexity index is 655. The van der Waals surface area contributed by atoms with Crippen LogP contribution in [-0.4, -0.2) is 50.9 Å². The highest BCUT2D eigenvalue weighted by Gasteiger charge is 2.55. The quantitative estimate of drug-likeness (QED) is 0.700. The zero-order valence-electron chi connectivity index (χ0n) is 12.8. The summed E-state index contributed by atoms with van der Waals surface area (Å²) in [6.45, 7) is 6.28. The largest absolute Gasteiger partial charge is 0.512 e. The first-order valence-corrected chi connectivity index (χ1v) is 9.26. The van der Waals surface area contributed by atoms with Crippen molar-refractivity contribution in [2.45, 2.75) is 24.9 Å². The number of hydrogen-bond acceptors (Lipinski definition) is 6. The smallest absolute Gasteiger partial charge is 0.359 e. The lowest BCUT2D eigenvalue weighted by molar-refractivity contribution is -0.0476. The van der Waals surface area contributed by atoms with Gasteiger partial charge in [0, 0.05) is 25.1 Å². The normalized spacial score (nSPS) is 16.3. The van der Waals surface area contributed by atoms with Crippen molar-refractivity contribution in [1.82, 2.24) is 13.9 Å². The van der Waals surface area contributed by atoms with E-state index < -0.39 is 35.2 Å². The fourth-order valence-electron chi connectivity index (χ4n) is 1.22. The van der Waals surface area contributed by atoms with Gasteiger partial charge in [0.05, 0.1) is 6.67 Å². The van der Waals surface area contributed by atoms with E-state index in [0.29, 0.717) is 0 Å². The monoisotopic (exact) mass is 419 g/mol. The summed E-state index contributed by atoms with van der Waals surface area (Å²) < 4.78 is 108. The van der Waals surface area contributed by atoms with Crippen LogP contribution in [0.3, 0.4) is 0 Å². The van der Waals surface area contributed by atoms with E-state index in [0.717, 1.165) is 13.2 Å². The van der Waals surface area contributed by atoms with Crippen molar-refractivity contribution >= 4 is 20.0 Å². The number of allylic oxidation sites excluding steroid dienone is 1. The van der Waals surface area contributed by atoms with Gasteiger partial charge in [-0.05, 0) is 13.8 Å². The van der Waals surface area contributed by atoms with Gasteiger partial charge in [0.1, 0.15) is 0 Å². The maximum absolute atomic E-state index is 11.5.